The molecule has 1 saturated heterocycles. The highest BCUT2D eigenvalue weighted by atomic mass is 32.2. The Hall–Kier alpha value is -2.12. The average molecular weight is 431 g/mol. The molecular formula is C23H34N4O2S. The quantitative estimate of drug-likeness (QED) is 0.708. The number of anilines is 2. The molecule has 30 heavy (non-hydrogen) atoms. The predicted octanol–water partition coefficient (Wildman–Crippen LogP) is 4.46. The molecule has 1 aromatic heterocycles. The largest absolute Gasteiger partial charge is 0.382 e. The van der Waals surface area contributed by atoms with E-state index >= 15 is 0 Å². The highest BCUT2D eigenvalue weighted by molar-refractivity contribution is 7.89. The SMILES string of the molecule is CNc1nc(C2CCCN(S(=O)(=O)c3ccc(C)cc3)C2)ccc1NCC(C)(C)C. The van der Waals surface area contributed by atoms with Crippen molar-refractivity contribution in [3.05, 3.63) is 47.7 Å². The minimum absolute atomic E-state index is 0.0859. The molecule has 1 fully saturated rings. The molecule has 0 radical (unpaired) electrons. The number of hydrogen-bond donors (Lipinski definition) is 2. The van der Waals surface area contributed by atoms with Gasteiger partial charge in [-0.2, -0.15) is 4.31 Å². The molecule has 1 unspecified atom stereocenters. The number of aromatic nitrogens is 1. The summed E-state index contributed by atoms with van der Waals surface area (Å²) in [6.45, 7) is 10.4. The maximum Gasteiger partial charge on any atom is 0.243 e. The molecule has 2 heterocycles. The van der Waals surface area contributed by atoms with Crippen molar-refractivity contribution >= 4 is 21.5 Å². The van der Waals surface area contributed by atoms with Gasteiger partial charge in [-0.05, 0) is 49.4 Å². The average Bonchev–Trinajstić information content (AvgIpc) is 2.72. The van der Waals surface area contributed by atoms with E-state index in [0.29, 0.717) is 18.0 Å². The van der Waals surface area contributed by atoms with Gasteiger partial charge >= 0.3 is 0 Å². The molecule has 0 amide bonds. The van der Waals surface area contributed by atoms with Crippen LogP contribution < -0.4 is 10.6 Å². The molecular weight excluding hydrogens is 396 g/mol. The van der Waals surface area contributed by atoms with Crippen molar-refractivity contribution in [1.29, 1.82) is 0 Å². The fourth-order valence-electron chi connectivity index (χ4n) is 3.66. The lowest BCUT2D eigenvalue weighted by molar-refractivity contribution is 0.313. The number of aryl methyl sites for hydroxylation is 1. The fraction of sp³-hybridized carbons (Fsp3) is 0.522. The van der Waals surface area contributed by atoms with E-state index in [-0.39, 0.29) is 11.3 Å². The molecule has 6 nitrogen and oxygen atoms in total. The van der Waals surface area contributed by atoms with Crippen LogP contribution in [0.5, 0.6) is 0 Å². The number of piperidine rings is 1. The van der Waals surface area contributed by atoms with Gasteiger partial charge in [0, 0.05) is 38.3 Å². The Morgan fingerprint density at radius 1 is 1.13 bits per heavy atom. The van der Waals surface area contributed by atoms with E-state index in [1.807, 2.05) is 38.2 Å². The smallest absolute Gasteiger partial charge is 0.243 e. The number of nitrogens with one attached hydrogen (secondary N) is 2. The second kappa shape index (κ2) is 8.94. The first-order chi connectivity index (χ1) is 14.1. The number of benzene rings is 1. The summed E-state index contributed by atoms with van der Waals surface area (Å²) in [6.07, 6.45) is 1.77. The Morgan fingerprint density at radius 2 is 1.83 bits per heavy atom. The third-order valence-corrected chi connectivity index (χ3v) is 7.30. The summed E-state index contributed by atoms with van der Waals surface area (Å²) in [5.41, 5.74) is 3.12. The van der Waals surface area contributed by atoms with Gasteiger partial charge in [-0.25, -0.2) is 13.4 Å². The maximum atomic E-state index is 13.1. The zero-order valence-corrected chi connectivity index (χ0v) is 19.5. The van der Waals surface area contributed by atoms with E-state index in [0.717, 1.165) is 42.1 Å². The summed E-state index contributed by atoms with van der Waals surface area (Å²) in [5, 5.41) is 6.64. The number of pyridine rings is 1. The first-order valence-corrected chi connectivity index (χ1v) is 12.0. The summed E-state index contributed by atoms with van der Waals surface area (Å²) in [7, 11) is -1.63. The summed E-state index contributed by atoms with van der Waals surface area (Å²) >= 11 is 0. The molecule has 2 N–H and O–H groups in total. The maximum absolute atomic E-state index is 13.1. The number of sulfonamides is 1. The zero-order chi connectivity index (χ0) is 21.9. The topological polar surface area (TPSA) is 74.3 Å². The Labute approximate surface area is 181 Å². The molecule has 164 valence electrons. The van der Waals surface area contributed by atoms with E-state index in [2.05, 4.69) is 31.4 Å². The molecule has 2 aromatic rings. The molecule has 0 bridgehead atoms. The van der Waals surface area contributed by atoms with E-state index in [1.54, 1.807) is 16.4 Å². The van der Waals surface area contributed by atoms with Crippen LogP contribution in [-0.2, 0) is 10.0 Å². The predicted molar refractivity (Wildman–Crippen MR) is 124 cm³/mol. The van der Waals surface area contributed by atoms with Gasteiger partial charge in [0.15, 0.2) is 0 Å². The molecule has 1 atom stereocenters. The third kappa shape index (κ3) is 5.32. The van der Waals surface area contributed by atoms with E-state index in [4.69, 9.17) is 4.98 Å². The highest BCUT2D eigenvalue weighted by Crippen LogP contribution is 2.32. The Kier molecular flexibility index (Phi) is 6.72. The summed E-state index contributed by atoms with van der Waals surface area (Å²) in [6, 6.07) is 11.2. The number of hydrogen-bond acceptors (Lipinski definition) is 5. The van der Waals surface area contributed by atoms with Gasteiger partial charge in [-0.15, -0.1) is 0 Å². The molecule has 0 saturated carbocycles. The Balaban J connectivity index is 1.78. The number of rotatable bonds is 6. The van der Waals surface area contributed by atoms with E-state index in [9.17, 15) is 8.42 Å². The molecule has 1 aliphatic rings. The lowest BCUT2D eigenvalue weighted by Crippen LogP contribution is -2.39. The summed E-state index contributed by atoms with van der Waals surface area (Å²) in [4.78, 5) is 5.18. The van der Waals surface area contributed by atoms with Gasteiger partial charge in [-0.3, -0.25) is 0 Å². The lowest BCUT2D eigenvalue weighted by Gasteiger charge is -2.32. The number of nitrogens with zero attached hydrogens (tertiary/aromatic N) is 2. The monoisotopic (exact) mass is 430 g/mol. The van der Waals surface area contributed by atoms with Gasteiger partial charge < -0.3 is 10.6 Å². The van der Waals surface area contributed by atoms with Crippen molar-refractivity contribution in [2.75, 3.05) is 37.3 Å². The minimum Gasteiger partial charge on any atom is -0.382 e. The van der Waals surface area contributed by atoms with Gasteiger partial charge in [0.1, 0.15) is 5.82 Å². The van der Waals surface area contributed by atoms with Crippen molar-refractivity contribution in [1.82, 2.24) is 9.29 Å². The van der Waals surface area contributed by atoms with Crippen LogP contribution in [0, 0.1) is 12.3 Å². The Bertz CT molecular complexity index is 966. The van der Waals surface area contributed by atoms with Crippen LogP contribution >= 0.6 is 0 Å². The first kappa shape index (κ1) is 22.6. The second-order valence-corrected chi connectivity index (χ2v) is 11.2. The molecule has 0 aliphatic carbocycles. The second-order valence-electron chi connectivity index (χ2n) is 9.31. The van der Waals surface area contributed by atoms with Crippen molar-refractivity contribution in [2.24, 2.45) is 5.41 Å². The van der Waals surface area contributed by atoms with Gasteiger partial charge in [0.05, 0.1) is 10.6 Å². The molecule has 7 heteroatoms. The summed E-state index contributed by atoms with van der Waals surface area (Å²) < 4.78 is 27.8. The van der Waals surface area contributed by atoms with E-state index in [1.165, 1.54) is 0 Å². The molecule has 3 rings (SSSR count). The van der Waals surface area contributed by atoms with Crippen molar-refractivity contribution in [2.45, 2.75) is 51.3 Å². The fourth-order valence-corrected chi connectivity index (χ4v) is 5.18. The van der Waals surface area contributed by atoms with Crippen LogP contribution in [0.15, 0.2) is 41.3 Å². The van der Waals surface area contributed by atoms with Crippen LogP contribution in [0.4, 0.5) is 11.5 Å². The van der Waals surface area contributed by atoms with Gasteiger partial charge in [0.25, 0.3) is 0 Å². The first-order valence-electron chi connectivity index (χ1n) is 10.6. The van der Waals surface area contributed by atoms with Crippen LogP contribution in [-0.4, -0.2) is 44.4 Å². The van der Waals surface area contributed by atoms with Crippen LogP contribution in [0.3, 0.4) is 0 Å². The zero-order valence-electron chi connectivity index (χ0n) is 18.7. The molecule has 1 aromatic carbocycles. The minimum atomic E-state index is -3.49. The Morgan fingerprint density at radius 3 is 2.47 bits per heavy atom. The highest BCUT2D eigenvalue weighted by Gasteiger charge is 2.31. The lowest BCUT2D eigenvalue weighted by atomic mass is 9.95. The third-order valence-electron chi connectivity index (χ3n) is 5.42. The van der Waals surface area contributed by atoms with Crippen molar-refractivity contribution in [3.63, 3.8) is 0 Å². The summed E-state index contributed by atoms with van der Waals surface area (Å²) in [5.74, 6) is 0.887. The van der Waals surface area contributed by atoms with Crippen LogP contribution in [0.25, 0.3) is 0 Å². The molecule has 0 spiro atoms. The standard InChI is InChI=1S/C23H34N4O2S/c1-17-8-10-19(11-9-17)30(28,29)27-14-6-7-18(15-27)20-12-13-21(22(24-5)26-20)25-16-23(2,3)4/h8-13,18,25H,6-7,14-16H2,1-5H3,(H,24,26). The van der Waals surface area contributed by atoms with Gasteiger partial charge in [-0.1, -0.05) is 38.5 Å². The van der Waals surface area contributed by atoms with Gasteiger partial charge in [0.2, 0.25) is 10.0 Å². The van der Waals surface area contributed by atoms with Crippen molar-refractivity contribution < 1.29 is 8.42 Å². The van der Waals surface area contributed by atoms with Crippen LogP contribution in [0.1, 0.15) is 50.8 Å². The normalized spacial score (nSPS) is 18.2. The van der Waals surface area contributed by atoms with Crippen LogP contribution in [0.2, 0.25) is 0 Å². The van der Waals surface area contributed by atoms with Crippen molar-refractivity contribution in [3.8, 4) is 0 Å². The van der Waals surface area contributed by atoms with E-state index < -0.39 is 10.0 Å². The molecule has 1 aliphatic heterocycles.